The number of carbonyl (C=O) groups is 3. The van der Waals surface area contributed by atoms with Crippen molar-refractivity contribution in [3.8, 4) is 11.5 Å². The van der Waals surface area contributed by atoms with Gasteiger partial charge in [-0.05, 0) is 66.2 Å². The molecule has 2 atom stereocenters. The zero-order valence-corrected chi connectivity index (χ0v) is 18.1. The molecule has 1 saturated heterocycles. The lowest BCUT2D eigenvalue weighted by Gasteiger charge is -2.27. The van der Waals surface area contributed by atoms with E-state index >= 15 is 0 Å². The van der Waals surface area contributed by atoms with Crippen LogP contribution >= 0.6 is 0 Å². The number of halogens is 4. The van der Waals surface area contributed by atoms with Crippen molar-refractivity contribution in [1.82, 2.24) is 0 Å². The van der Waals surface area contributed by atoms with Crippen LogP contribution in [0.5, 0.6) is 11.5 Å². The molecule has 6 nitrogen and oxygen atoms in total. The molecule has 35 heavy (non-hydrogen) atoms. The highest BCUT2D eigenvalue weighted by Gasteiger charge is 2.52. The third-order valence-electron chi connectivity index (χ3n) is 5.52. The monoisotopic (exact) mass is 487 g/mol. The molecule has 1 amide bonds. The third-order valence-corrected chi connectivity index (χ3v) is 5.52. The molecule has 2 unspecified atom stereocenters. The van der Waals surface area contributed by atoms with Crippen molar-refractivity contribution in [2.75, 3.05) is 12.0 Å². The minimum absolute atomic E-state index is 0.0669. The van der Waals surface area contributed by atoms with E-state index in [-0.39, 0.29) is 11.3 Å². The minimum atomic E-state index is -4.91. The number of hydrogen-bond donors (Lipinski definition) is 0. The lowest BCUT2D eigenvalue weighted by molar-refractivity contribution is -0.274. The van der Waals surface area contributed by atoms with Gasteiger partial charge >= 0.3 is 6.36 Å². The molecule has 3 aromatic carbocycles. The average molecular weight is 487 g/mol. The molecule has 4 rings (SSSR count). The van der Waals surface area contributed by atoms with E-state index in [0.717, 1.165) is 29.2 Å². The van der Waals surface area contributed by atoms with Crippen molar-refractivity contribution in [3.05, 3.63) is 89.7 Å². The molecule has 0 spiro atoms. The zero-order valence-electron chi connectivity index (χ0n) is 18.1. The molecule has 1 fully saturated rings. The Bertz CT molecular complexity index is 1260. The molecule has 1 aliphatic rings. The SMILES string of the molecule is COc1ccc(C(=O)C2C(=O)C(=O)N(c3ccc(OC(F)(F)F)cc3)C2c2ccc(F)cc2)cc1. The van der Waals surface area contributed by atoms with Gasteiger partial charge in [0.25, 0.3) is 5.91 Å². The minimum Gasteiger partial charge on any atom is -0.497 e. The van der Waals surface area contributed by atoms with E-state index in [1.165, 1.54) is 55.6 Å². The first kappa shape index (κ1) is 23.9. The number of ketones is 2. The van der Waals surface area contributed by atoms with E-state index in [0.29, 0.717) is 11.3 Å². The summed E-state index contributed by atoms with van der Waals surface area (Å²) in [4.78, 5) is 40.5. The van der Waals surface area contributed by atoms with E-state index in [2.05, 4.69) is 4.74 Å². The van der Waals surface area contributed by atoms with Crippen LogP contribution in [0.2, 0.25) is 0 Å². The number of benzene rings is 3. The number of alkyl halides is 3. The van der Waals surface area contributed by atoms with Gasteiger partial charge in [-0.2, -0.15) is 0 Å². The zero-order chi connectivity index (χ0) is 25.3. The van der Waals surface area contributed by atoms with Crippen LogP contribution < -0.4 is 14.4 Å². The van der Waals surface area contributed by atoms with Gasteiger partial charge in [0.05, 0.1) is 13.2 Å². The van der Waals surface area contributed by atoms with Crippen molar-refractivity contribution in [2.24, 2.45) is 5.92 Å². The Morgan fingerprint density at radius 3 is 1.97 bits per heavy atom. The van der Waals surface area contributed by atoms with Crippen LogP contribution in [-0.2, 0) is 9.59 Å². The van der Waals surface area contributed by atoms with E-state index in [9.17, 15) is 31.9 Å². The third kappa shape index (κ3) is 4.86. The topological polar surface area (TPSA) is 72.9 Å². The molecule has 3 aromatic rings. The number of carbonyl (C=O) groups excluding carboxylic acids is 3. The highest BCUT2D eigenvalue weighted by molar-refractivity contribution is 6.49. The molecular weight excluding hydrogens is 470 g/mol. The number of ether oxygens (including phenoxy) is 2. The first-order valence-corrected chi connectivity index (χ1v) is 10.3. The van der Waals surface area contributed by atoms with Gasteiger partial charge in [-0.1, -0.05) is 12.1 Å². The number of rotatable bonds is 6. The number of anilines is 1. The fraction of sp³-hybridized carbons (Fsp3) is 0.160. The molecule has 1 heterocycles. The van der Waals surface area contributed by atoms with Gasteiger partial charge in [-0.25, -0.2) is 4.39 Å². The number of methoxy groups -OCH3 is 1. The van der Waals surface area contributed by atoms with E-state index in [1.807, 2.05) is 0 Å². The smallest absolute Gasteiger partial charge is 0.497 e. The fourth-order valence-corrected chi connectivity index (χ4v) is 3.96. The van der Waals surface area contributed by atoms with Gasteiger partial charge in [-0.3, -0.25) is 19.3 Å². The number of nitrogens with zero attached hydrogens (tertiary/aromatic N) is 1. The van der Waals surface area contributed by atoms with Crippen LogP contribution in [0.1, 0.15) is 22.0 Å². The molecule has 180 valence electrons. The lowest BCUT2D eigenvalue weighted by Crippen LogP contribution is -2.30. The van der Waals surface area contributed by atoms with Crippen molar-refractivity contribution in [2.45, 2.75) is 12.4 Å². The Kier molecular flexibility index (Phi) is 6.29. The Balaban J connectivity index is 1.76. The predicted molar refractivity (Wildman–Crippen MR) is 116 cm³/mol. The Morgan fingerprint density at radius 2 is 1.43 bits per heavy atom. The molecule has 10 heteroatoms. The van der Waals surface area contributed by atoms with Crippen LogP contribution in [0.4, 0.5) is 23.2 Å². The molecule has 1 aliphatic heterocycles. The van der Waals surface area contributed by atoms with Gasteiger partial charge in [0.2, 0.25) is 5.78 Å². The molecule has 0 radical (unpaired) electrons. The summed E-state index contributed by atoms with van der Waals surface area (Å²) >= 11 is 0. The van der Waals surface area contributed by atoms with Crippen LogP contribution in [0.3, 0.4) is 0 Å². The summed E-state index contributed by atoms with van der Waals surface area (Å²) in [6, 6.07) is 14.0. The molecular formula is C25H17F4NO5. The summed E-state index contributed by atoms with van der Waals surface area (Å²) in [5.41, 5.74) is 0.519. The van der Waals surface area contributed by atoms with Crippen LogP contribution in [0.25, 0.3) is 0 Å². The van der Waals surface area contributed by atoms with Gasteiger partial charge in [-0.15, -0.1) is 13.2 Å². The molecule has 0 saturated carbocycles. The molecule has 0 aromatic heterocycles. The first-order valence-electron chi connectivity index (χ1n) is 10.3. The standard InChI is InChI=1S/C25H17F4NO5/c1-34-18-10-4-15(5-11-18)22(31)20-21(14-2-6-16(26)7-3-14)30(24(33)23(20)32)17-8-12-19(13-9-17)35-25(27,28)29/h2-13,20-21H,1H3. The second-order valence-corrected chi connectivity index (χ2v) is 7.65. The number of hydrogen-bond acceptors (Lipinski definition) is 5. The molecule has 0 aliphatic carbocycles. The van der Waals surface area contributed by atoms with Gasteiger partial charge < -0.3 is 9.47 Å². The van der Waals surface area contributed by atoms with Gasteiger partial charge in [0, 0.05) is 11.3 Å². The van der Waals surface area contributed by atoms with E-state index in [4.69, 9.17) is 4.74 Å². The Labute approximate surface area is 196 Å². The Morgan fingerprint density at radius 1 is 0.857 bits per heavy atom. The van der Waals surface area contributed by atoms with Crippen LogP contribution in [0.15, 0.2) is 72.8 Å². The maximum absolute atomic E-state index is 13.6. The maximum Gasteiger partial charge on any atom is 0.573 e. The van der Waals surface area contributed by atoms with Crippen LogP contribution in [-0.4, -0.2) is 30.9 Å². The van der Waals surface area contributed by atoms with Crippen molar-refractivity contribution < 1.29 is 41.4 Å². The van der Waals surface area contributed by atoms with Gasteiger partial charge in [0.15, 0.2) is 5.78 Å². The molecule has 0 bridgehead atoms. The number of Topliss-reactive ketones (excluding diaryl/α,β-unsaturated/α-hetero) is 2. The summed E-state index contributed by atoms with van der Waals surface area (Å²) in [5.74, 6) is -4.72. The largest absolute Gasteiger partial charge is 0.573 e. The van der Waals surface area contributed by atoms with E-state index in [1.54, 1.807) is 0 Å². The van der Waals surface area contributed by atoms with Crippen molar-refractivity contribution in [1.29, 1.82) is 0 Å². The second kappa shape index (κ2) is 9.21. The Hall–Kier alpha value is -4.21. The molecule has 0 N–H and O–H groups in total. The highest BCUT2D eigenvalue weighted by Crippen LogP contribution is 2.42. The van der Waals surface area contributed by atoms with Gasteiger partial charge in [0.1, 0.15) is 23.2 Å². The summed E-state index contributed by atoms with van der Waals surface area (Å²) in [6.07, 6.45) is -4.91. The summed E-state index contributed by atoms with van der Waals surface area (Å²) in [5, 5.41) is 0. The number of amides is 1. The maximum atomic E-state index is 13.6. The normalized spacial score (nSPS) is 18.0. The summed E-state index contributed by atoms with van der Waals surface area (Å²) < 4.78 is 60.1. The van der Waals surface area contributed by atoms with Crippen molar-refractivity contribution in [3.63, 3.8) is 0 Å². The van der Waals surface area contributed by atoms with Crippen molar-refractivity contribution >= 4 is 23.2 Å². The van der Waals surface area contributed by atoms with E-state index < -0.39 is 47.4 Å². The average Bonchev–Trinajstić information content (AvgIpc) is 3.09. The predicted octanol–water partition coefficient (Wildman–Crippen LogP) is 4.89. The first-order chi connectivity index (χ1) is 16.6. The second-order valence-electron chi connectivity index (χ2n) is 7.65. The fourth-order valence-electron chi connectivity index (χ4n) is 3.96. The summed E-state index contributed by atoms with van der Waals surface area (Å²) in [6.45, 7) is 0. The van der Waals surface area contributed by atoms with Crippen LogP contribution in [0, 0.1) is 11.7 Å². The quantitative estimate of drug-likeness (QED) is 0.214. The summed E-state index contributed by atoms with van der Waals surface area (Å²) in [7, 11) is 1.45. The highest BCUT2D eigenvalue weighted by atomic mass is 19.4. The lowest BCUT2D eigenvalue weighted by atomic mass is 9.86.